The lowest BCUT2D eigenvalue weighted by Crippen LogP contribution is -2.32. The van der Waals surface area contributed by atoms with Crippen molar-refractivity contribution >= 4 is 31.9 Å². The minimum Gasteiger partial charge on any atom is -0.383 e. The van der Waals surface area contributed by atoms with Crippen LogP contribution in [-0.2, 0) is 14.8 Å². The van der Waals surface area contributed by atoms with Gasteiger partial charge < -0.3 is 9.64 Å². The second-order valence-electron chi connectivity index (χ2n) is 5.74. The van der Waals surface area contributed by atoms with Crippen LogP contribution in [0.4, 0.5) is 0 Å². The first-order valence-corrected chi connectivity index (χ1v) is 10.3. The SMILES string of the molecule is COCCNS(=O)(=O)c1ccc(Br)c(C(=O)N2CCCCCC2)c1. The minimum atomic E-state index is -3.66. The number of methoxy groups -OCH3 is 1. The van der Waals surface area contributed by atoms with E-state index in [4.69, 9.17) is 4.74 Å². The Bertz CT molecular complexity index is 671. The van der Waals surface area contributed by atoms with E-state index in [-0.39, 0.29) is 24.0 Å². The van der Waals surface area contributed by atoms with Crippen molar-refractivity contribution in [3.63, 3.8) is 0 Å². The third-order valence-electron chi connectivity index (χ3n) is 3.97. The number of benzene rings is 1. The van der Waals surface area contributed by atoms with E-state index in [1.807, 2.05) is 4.90 Å². The summed E-state index contributed by atoms with van der Waals surface area (Å²) in [5.74, 6) is -0.127. The molecule has 0 atom stereocenters. The highest BCUT2D eigenvalue weighted by Gasteiger charge is 2.22. The molecule has 1 saturated heterocycles. The Morgan fingerprint density at radius 3 is 2.54 bits per heavy atom. The van der Waals surface area contributed by atoms with Gasteiger partial charge in [-0.15, -0.1) is 0 Å². The predicted octanol–water partition coefficient (Wildman–Crippen LogP) is 2.39. The average molecular weight is 419 g/mol. The van der Waals surface area contributed by atoms with Crippen LogP contribution in [0.3, 0.4) is 0 Å². The third kappa shape index (κ3) is 5.02. The maximum absolute atomic E-state index is 12.8. The molecule has 0 unspecified atom stereocenters. The normalized spacial score (nSPS) is 16.0. The topological polar surface area (TPSA) is 75.7 Å². The number of amides is 1. The quantitative estimate of drug-likeness (QED) is 0.719. The molecular weight excluding hydrogens is 396 g/mol. The lowest BCUT2D eigenvalue weighted by molar-refractivity contribution is 0.0760. The fraction of sp³-hybridized carbons (Fsp3) is 0.562. The zero-order valence-electron chi connectivity index (χ0n) is 13.8. The molecule has 1 fully saturated rings. The summed E-state index contributed by atoms with van der Waals surface area (Å²) in [6.45, 7) is 1.91. The van der Waals surface area contributed by atoms with Crippen molar-refractivity contribution < 1.29 is 17.9 Å². The van der Waals surface area contributed by atoms with Crippen LogP contribution in [0.25, 0.3) is 0 Å². The van der Waals surface area contributed by atoms with Gasteiger partial charge in [-0.05, 0) is 47.0 Å². The largest absolute Gasteiger partial charge is 0.383 e. The molecule has 6 nitrogen and oxygen atoms in total. The van der Waals surface area contributed by atoms with Crippen LogP contribution in [-0.4, -0.2) is 52.6 Å². The van der Waals surface area contributed by atoms with Gasteiger partial charge in [0.1, 0.15) is 0 Å². The summed E-state index contributed by atoms with van der Waals surface area (Å²) in [4.78, 5) is 14.7. The number of likely N-dealkylation sites (tertiary alicyclic amines) is 1. The monoisotopic (exact) mass is 418 g/mol. The highest BCUT2D eigenvalue weighted by atomic mass is 79.9. The maximum Gasteiger partial charge on any atom is 0.255 e. The minimum absolute atomic E-state index is 0.0833. The summed E-state index contributed by atoms with van der Waals surface area (Å²) in [6, 6.07) is 4.53. The average Bonchev–Trinajstić information content (AvgIpc) is 2.84. The van der Waals surface area contributed by atoms with Crippen LogP contribution in [0.2, 0.25) is 0 Å². The van der Waals surface area contributed by atoms with Gasteiger partial charge in [-0.1, -0.05) is 12.8 Å². The molecular formula is C16H23BrN2O4S. The first-order chi connectivity index (χ1) is 11.5. The van der Waals surface area contributed by atoms with Gasteiger partial charge in [-0.2, -0.15) is 0 Å². The number of ether oxygens (including phenoxy) is 1. The molecule has 24 heavy (non-hydrogen) atoms. The molecule has 2 rings (SSSR count). The molecule has 0 aliphatic carbocycles. The lowest BCUT2D eigenvalue weighted by Gasteiger charge is -2.21. The van der Waals surface area contributed by atoms with Crippen LogP contribution in [0.1, 0.15) is 36.0 Å². The van der Waals surface area contributed by atoms with Crippen molar-refractivity contribution in [1.82, 2.24) is 9.62 Å². The number of sulfonamides is 1. The van der Waals surface area contributed by atoms with Crippen molar-refractivity contribution in [3.05, 3.63) is 28.2 Å². The first-order valence-electron chi connectivity index (χ1n) is 8.03. The van der Waals surface area contributed by atoms with Gasteiger partial charge in [0.15, 0.2) is 0 Å². The number of carbonyl (C=O) groups excluding carboxylic acids is 1. The molecule has 1 aliphatic heterocycles. The number of hydrogen-bond acceptors (Lipinski definition) is 4. The molecule has 0 saturated carbocycles. The Hall–Kier alpha value is -0.960. The van der Waals surface area contributed by atoms with Gasteiger partial charge in [0, 0.05) is 31.2 Å². The number of rotatable bonds is 6. The predicted molar refractivity (Wildman–Crippen MR) is 95.6 cm³/mol. The maximum atomic E-state index is 12.8. The van der Waals surface area contributed by atoms with Crippen molar-refractivity contribution in [2.45, 2.75) is 30.6 Å². The van der Waals surface area contributed by atoms with Gasteiger partial charge >= 0.3 is 0 Å². The molecule has 0 radical (unpaired) electrons. The molecule has 1 heterocycles. The van der Waals surface area contributed by atoms with Crippen LogP contribution in [0.15, 0.2) is 27.6 Å². The number of hydrogen-bond donors (Lipinski definition) is 1. The Morgan fingerprint density at radius 2 is 1.92 bits per heavy atom. The van der Waals surface area contributed by atoms with Gasteiger partial charge in [-0.3, -0.25) is 4.79 Å². The summed E-state index contributed by atoms with van der Waals surface area (Å²) in [5, 5.41) is 0. The van der Waals surface area contributed by atoms with E-state index in [1.165, 1.54) is 19.2 Å². The van der Waals surface area contributed by atoms with E-state index in [1.54, 1.807) is 6.07 Å². The Balaban J connectivity index is 2.23. The zero-order chi connectivity index (χ0) is 17.6. The van der Waals surface area contributed by atoms with Gasteiger partial charge in [0.05, 0.1) is 17.1 Å². The van der Waals surface area contributed by atoms with E-state index in [2.05, 4.69) is 20.7 Å². The lowest BCUT2D eigenvalue weighted by atomic mass is 10.2. The number of carbonyl (C=O) groups is 1. The summed E-state index contributed by atoms with van der Waals surface area (Å²) in [7, 11) is -2.16. The standard InChI is InChI=1S/C16H23BrN2O4S/c1-23-11-8-18-24(21,22)13-6-7-15(17)14(12-13)16(20)19-9-4-2-3-5-10-19/h6-7,12,18H,2-5,8-11H2,1H3. The van der Waals surface area contributed by atoms with E-state index in [9.17, 15) is 13.2 Å². The number of halogens is 1. The smallest absolute Gasteiger partial charge is 0.255 e. The van der Waals surface area contributed by atoms with Gasteiger partial charge in [-0.25, -0.2) is 13.1 Å². The van der Waals surface area contributed by atoms with Crippen molar-refractivity contribution in [2.75, 3.05) is 33.4 Å². The van der Waals surface area contributed by atoms with Gasteiger partial charge in [0.2, 0.25) is 10.0 Å². The van der Waals surface area contributed by atoms with Gasteiger partial charge in [0.25, 0.3) is 5.91 Å². The molecule has 8 heteroatoms. The van der Waals surface area contributed by atoms with E-state index in [0.717, 1.165) is 25.7 Å². The molecule has 1 aliphatic rings. The molecule has 1 N–H and O–H groups in total. The Kier molecular flexibility index (Phi) is 7.21. The van der Waals surface area contributed by atoms with Crippen molar-refractivity contribution in [3.8, 4) is 0 Å². The molecule has 1 aromatic carbocycles. The molecule has 0 spiro atoms. The first kappa shape index (κ1) is 19.4. The van der Waals surface area contributed by atoms with Crippen molar-refractivity contribution in [1.29, 1.82) is 0 Å². The third-order valence-corrected chi connectivity index (χ3v) is 6.12. The summed E-state index contributed by atoms with van der Waals surface area (Å²) >= 11 is 3.37. The molecule has 0 bridgehead atoms. The van der Waals surface area contributed by atoms with Crippen LogP contribution in [0.5, 0.6) is 0 Å². The molecule has 1 aromatic rings. The number of nitrogens with one attached hydrogen (secondary N) is 1. The summed E-state index contributed by atoms with van der Waals surface area (Å²) in [5.41, 5.74) is 0.381. The Morgan fingerprint density at radius 1 is 1.25 bits per heavy atom. The van der Waals surface area contributed by atoms with E-state index >= 15 is 0 Å². The van der Waals surface area contributed by atoms with Crippen LogP contribution < -0.4 is 4.72 Å². The summed E-state index contributed by atoms with van der Waals surface area (Å²) < 4.78 is 32.5. The molecule has 1 amide bonds. The fourth-order valence-corrected chi connectivity index (χ4v) is 4.10. The van der Waals surface area contributed by atoms with E-state index < -0.39 is 10.0 Å². The van der Waals surface area contributed by atoms with Crippen molar-refractivity contribution in [2.24, 2.45) is 0 Å². The Labute approximate surface area is 151 Å². The highest BCUT2D eigenvalue weighted by Crippen LogP contribution is 2.24. The zero-order valence-corrected chi connectivity index (χ0v) is 16.2. The van der Waals surface area contributed by atoms with Crippen LogP contribution >= 0.6 is 15.9 Å². The van der Waals surface area contributed by atoms with E-state index in [0.29, 0.717) is 23.1 Å². The number of nitrogens with zero attached hydrogens (tertiary/aromatic N) is 1. The summed E-state index contributed by atoms with van der Waals surface area (Å²) in [6.07, 6.45) is 4.23. The second kappa shape index (κ2) is 8.94. The molecule has 134 valence electrons. The van der Waals surface area contributed by atoms with Crippen LogP contribution in [0, 0.1) is 0 Å². The fourth-order valence-electron chi connectivity index (χ4n) is 2.64. The highest BCUT2D eigenvalue weighted by molar-refractivity contribution is 9.10. The second-order valence-corrected chi connectivity index (χ2v) is 8.36. The molecule has 0 aromatic heterocycles.